The van der Waals surface area contributed by atoms with Crippen LogP contribution in [0.4, 0.5) is 0 Å². The van der Waals surface area contributed by atoms with E-state index in [4.69, 9.17) is 4.74 Å². The molecule has 0 saturated heterocycles. The Morgan fingerprint density at radius 3 is 2.69 bits per heavy atom. The molecule has 2 N–H and O–H groups in total. The highest BCUT2D eigenvalue weighted by Gasteiger charge is 2.14. The van der Waals surface area contributed by atoms with E-state index in [1.54, 1.807) is 0 Å². The van der Waals surface area contributed by atoms with Gasteiger partial charge in [0.15, 0.2) is 0 Å². The van der Waals surface area contributed by atoms with Crippen molar-refractivity contribution in [3.05, 3.63) is 0 Å². The average Bonchev–Trinajstić information content (AvgIpc) is 2.17. The Labute approximate surface area is 80.5 Å². The number of aliphatic hydroxyl groups is 1. The fourth-order valence-electron chi connectivity index (χ4n) is 1.77. The summed E-state index contributed by atoms with van der Waals surface area (Å²) >= 11 is 0. The Bertz CT molecular complexity index is 124. The third-order valence-electron chi connectivity index (χ3n) is 2.52. The highest BCUT2D eigenvalue weighted by atomic mass is 16.5. The standard InChI is InChI=1S/C10H21NO2/c1-11-7-9(12)8-13-10-5-3-2-4-6-10/h9-12H,2-8H2,1H3/t9-/m1/s1. The first-order valence-electron chi connectivity index (χ1n) is 5.27. The fraction of sp³-hybridized carbons (Fsp3) is 1.00. The van der Waals surface area contributed by atoms with Crippen LogP contribution < -0.4 is 5.32 Å². The minimum absolute atomic E-state index is 0.355. The van der Waals surface area contributed by atoms with Crippen LogP contribution in [0.1, 0.15) is 32.1 Å². The highest BCUT2D eigenvalue weighted by Crippen LogP contribution is 2.20. The third-order valence-corrected chi connectivity index (χ3v) is 2.52. The van der Waals surface area contributed by atoms with E-state index in [-0.39, 0.29) is 6.10 Å². The third kappa shape index (κ3) is 4.60. The van der Waals surface area contributed by atoms with Crippen LogP contribution in [0.5, 0.6) is 0 Å². The maximum absolute atomic E-state index is 9.39. The smallest absolute Gasteiger partial charge is 0.0897 e. The molecule has 0 aromatic heterocycles. The Balaban J connectivity index is 2.03. The van der Waals surface area contributed by atoms with Crippen molar-refractivity contribution >= 4 is 0 Å². The summed E-state index contributed by atoms with van der Waals surface area (Å²) in [5.41, 5.74) is 0. The first-order chi connectivity index (χ1) is 6.33. The van der Waals surface area contributed by atoms with Gasteiger partial charge in [-0.15, -0.1) is 0 Å². The van der Waals surface area contributed by atoms with Gasteiger partial charge in [0.25, 0.3) is 0 Å². The molecule has 1 fully saturated rings. The first-order valence-corrected chi connectivity index (χ1v) is 5.27. The van der Waals surface area contributed by atoms with E-state index in [1.807, 2.05) is 7.05 Å². The van der Waals surface area contributed by atoms with Gasteiger partial charge in [-0.2, -0.15) is 0 Å². The van der Waals surface area contributed by atoms with Crippen molar-refractivity contribution in [1.29, 1.82) is 0 Å². The monoisotopic (exact) mass is 187 g/mol. The molecule has 0 unspecified atom stereocenters. The molecule has 1 aliphatic carbocycles. The molecule has 1 atom stereocenters. The predicted molar refractivity (Wildman–Crippen MR) is 52.8 cm³/mol. The molecule has 3 nitrogen and oxygen atoms in total. The predicted octanol–water partition coefficient (Wildman–Crippen LogP) is 0.916. The maximum Gasteiger partial charge on any atom is 0.0897 e. The van der Waals surface area contributed by atoms with Crippen LogP contribution in [0.25, 0.3) is 0 Å². The summed E-state index contributed by atoms with van der Waals surface area (Å²) in [5.74, 6) is 0. The van der Waals surface area contributed by atoms with Gasteiger partial charge in [-0.05, 0) is 19.9 Å². The van der Waals surface area contributed by atoms with Crippen LogP contribution in [0, 0.1) is 0 Å². The van der Waals surface area contributed by atoms with E-state index in [0.717, 1.165) is 0 Å². The zero-order valence-corrected chi connectivity index (χ0v) is 8.46. The fourth-order valence-corrected chi connectivity index (χ4v) is 1.77. The summed E-state index contributed by atoms with van der Waals surface area (Å²) in [6, 6.07) is 0. The molecule has 0 aromatic carbocycles. The van der Waals surface area contributed by atoms with Gasteiger partial charge in [0, 0.05) is 6.54 Å². The van der Waals surface area contributed by atoms with Crippen LogP contribution in [0.15, 0.2) is 0 Å². The van der Waals surface area contributed by atoms with Crippen molar-refractivity contribution in [3.63, 3.8) is 0 Å². The molecule has 3 heteroatoms. The minimum atomic E-state index is -0.355. The lowest BCUT2D eigenvalue weighted by atomic mass is 9.98. The lowest BCUT2D eigenvalue weighted by molar-refractivity contribution is -0.0224. The topological polar surface area (TPSA) is 41.5 Å². The highest BCUT2D eigenvalue weighted by molar-refractivity contribution is 4.66. The Kier molecular flexibility index (Phi) is 5.35. The van der Waals surface area contributed by atoms with Crippen LogP contribution in [0.3, 0.4) is 0 Å². The molecule has 13 heavy (non-hydrogen) atoms. The molecule has 0 aromatic rings. The number of aliphatic hydroxyl groups excluding tert-OH is 1. The molecule has 1 aliphatic rings. The minimum Gasteiger partial charge on any atom is -0.389 e. The molecule has 0 aliphatic heterocycles. The second kappa shape index (κ2) is 6.35. The summed E-state index contributed by atoms with van der Waals surface area (Å²) in [6.07, 6.45) is 6.31. The molecule has 1 saturated carbocycles. The van der Waals surface area contributed by atoms with Crippen molar-refractivity contribution in [3.8, 4) is 0 Å². The second-order valence-electron chi connectivity index (χ2n) is 3.80. The zero-order chi connectivity index (χ0) is 9.52. The van der Waals surface area contributed by atoms with Crippen LogP contribution >= 0.6 is 0 Å². The largest absolute Gasteiger partial charge is 0.389 e. The quantitative estimate of drug-likeness (QED) is 0.672. The van der Waals surface area contributed by atoms with Crippen molar-refractivity contribution in [2.45, 2.75) is 44.3 Å². The van der Waals surface area contributed by atoms with Gasteiger partial charge in [-0.25, -0.2) is 0 Å². The number of hydrogen-bond acceptors (Lipinski definition) is 3. The number of ether oxygens (including phenoxy) is 1. The Morgan fingerprint density at radius 2 is 2.08 bits per heavy atom. The Hall–Kier alpha value is -0.120. The van der Waals surface area contributed by atoms with Gasteiger partial charge in [0.1, 0.15) is 0 Å². The summed E-state index contributed by atoms with van der Waals surface area (Å²) in [4.78, 5) is 0. The van der Waals surface area contributed by atoms with E-state index in [2.05, 4.69) is 5.32 Å². The number of nitrogens with one attached hydrogen (secondary N) is 1. The summed E-state index contributed by atoms with van der Waals surface area (Å²) in [7, 11) is 1.84. The lowest BCUT2D eigenvalue weighted by Gasteiger charge is -2.23. The van der Waals surface area contributed by atoms with Gasteiger partial charge < -0.3 is 15.2 Å². The summed E-state index contributed by atoms with van der Waals surface area (Å²) < 4.78 is 5.61. The van der Waals surface area contributed by atoms with E-state index in [9.17, 15) is 5.11 Å². The second-order valence-corrected chi connectivity index (χ2v) is 3.80. The molecule has 0 bridgehead atoms. The first kappa shape index (κ1) is 11.0. The molecule has 0 radical (unpaired) electrons. The molecular formula is C10H21NO2. The van der Waals surface area contributed by atoms with Gasteiger partial charge >= 0.3 is 0 Å². The van der Waals surface area contributed by atoms with Crippen molar-refractivity contribution < 1.29 is 9.84 Å². The van der Waals surface area contributed by atoms with Gasteiger partial charge in [0.2, 0.25) is 0 Å². The number of hydrogen-bond donors (Lipinski definition) is 2. The summed E-state index contributed by atoms with van der Waals surface area (Å²) in [5, 5.41) is 12.3. The zero-order valence-electron chi connectivity index (χ0n) is 8.46. The van der Waals surface area contributed by atoms with Crippen molar-refractivity contribution in [2.24, 2.45) is 0 Å². The van der Waals surface area contributed by atoms with E-state index >= 15 is 0 Å². The number of rotatable bonds is 5. The Morgan fingerprint density at radius 1 is 1.38 bits per heavy atom. The summed E-state index contributed by atoms with van der Waals surface area (Å²) in [6.45, 7) is 1.10. The van der Waals surface area contributed by atoms with Gasteiger partial charge in [-0.3, -0.25) is 0 Å². The SMILES string of the molecule is CNC[C@@H](O)COC1CCCCC1. The average molecular weight is 187 g/mol. The lowest BCUT2D eigenvalue weighted by Crippen LogP contribution is -2.30. The molecule has 0 spiro atoms. The van der Waals surface area contributed by atoms with Crippen LogP contribution in [-0.2, 0) is 4.74 Å². The van der Waals surface area contributed by atoms with Gasteiger partial charge in [0.05, 0.1) is 18.8 Å². The molecule has 1 rings (SSSR count). The van der Waals surface area contributed by atoms with Crippen LogP contribution in [0.2, 0.25) is 0 Å². The van der Waals surface area contributed by atoms with E-state index < -0.39 is 0 Å². The van der Waals surface area contributed by atoms with E-state index in [0.29, 0.717) is 19.3 Å². The van der Waals surface area contributed by atoms with Gasteiger partial charge in [-0.1, -0.05) is 19.3 Å². The number of likely N-dealkylation sites (N-methyl/N-ethyl adjacent to an activating group) is 1. The molecule has 0 heterocycles. The van der Waals surface area contributed by atoms with Crippen molar-refractivity contribution in [1.82, 2.24) is 5.32 Å². The molecule has 78 valence electrons. The van der Waals surface area contributed by atoms with Crippen LogP contribution in [-0.4, -0.2) is 37.5 Å². The molecule has 0 amide bonds. The maximum atomic E-state index is 9.39. The van der Waals surface area contributed by atoms with E-state index in [1.165, 1.54) is 32.1 Å². The molecular weight excluding hydrogens is 166 g/mol. The van der Waals surface area contributed by atoms with Crippen molar-refractivity contribution in [2.75, 3.05) is 20.2 Å². The normalized spacial score (nSPS) is 21.7.